The Morgan fingerprint density at radius 2 is 1.75 bits per heavy atom. The van der Waals surface area contributed by atoms with Gasteiger partial charge in [-0.2, -0.15) is 0 Å². The number of nitrogens with one attached hydrogen (secondary N) is 3. The first-order valence-electron chi connectivity index (χ1n) is 8.86. The van der Waals surface area contributed by atoms with Crippen molar-refractivity contribution in [2.45, 2.75) is 13.0 Å². The highest BCUT2D eigenvalue weighted by molar-refractivity contribution is 7.80. The van der Waals surface area contributed by atoms with Gasteiger partial charge in [0.15, 0.2) is 5.11 Å². The molecule has 0 spiro atoms. The third kappa shape index (κ3) is 3.34. The number of benzene rings is 3. The molecule has 6 heteroatoms. The van der Waals surface area contributed by atoms with E-state index in [-0.39, 0.29) is 11.6 Å². The smallest absolute Gasteiger partial charge is 0.255 e. The molecule has 0 bridgehead atoms. The number of thiocarbonyl (C=S) groups is 1. The van der Waals surface area contributed by atoms with Crippen molar-refractivity contribution in [3.05, 3.63) is 89.4 Å². The van der Waals surface area contributed by atoms with Crippen molar-refractivity contribution in [3.63, 3.8) is 0 Å². The number of hydrogen-bond donors (Lipinski definition) is 3. The molecule has 3 aromatic rings. The average molecular weight is 391 g/mol. The average Bonchev–Trinajstić information content (AvgIpc) is 2.68. The van der Waals surface area contributed by atoms with E-state index in [1.165, 1.54) is 12.1 Å². The van der Waals surface area contributed by atoms with Crippen LogP contribution in [0, 0.1) is 5.82 Å². The van der Waals surface area contributed by atoms with Crippen molar-refractivity contribution in [1.82, 2.24) is 10.6 Å². The standard InChI is InChI=1S/C22H18FN3OS/c1-13-19(21(27)25-18-12-5-4-11-17(18)23)20(26-22(28)24-13)16-10-6-8-14-7-2-3-9-15(14)16/h2-12,20H,1H3,(H,25,27)(H2,24,26,28)/t20-/m1/s1. The highest BCUT2D eigenvalue weighted by Crippen LogP contribution is 2.32. The SMILES string of the molecule is CC1=C(C(=O)Nc2ccccc2F)[C@@H](c2cccc3ccccc23)NC(=S)N1. The lowest BCUT2D eigenvalue weighted by Crippen LogP contribution is -2.45. The van der Waals surface area contributed by atoms with Crippen LogP contribution in [-0.4, -0.2) is 11.0 Å². The van der Waals surface area contributed by atoms with Crippen molar-refractivity contribution >= 4 is 39.7 Å². The van der Waals surface area contributed by atoms with Gasteiger partial charge in [0.1, 0.15) is 5.82 Å². The highest BCUT2D eigenvalue weighted by Gasteiger charge is 2.31. The fourth-order valence-corrected chi connectivity index (χ4v) is 3.75. The van der Waals surface area contributed by atoms with E-state index in [9.17, 15) is 9.18 Å². The number of halogens is 1. The minimum Gasteiger partial charge on any atom is -0.351 e. The Balaban J connectivity index is 1.79. The molecule has 3 aromatic carbocycles. The molecule has 4 nitrogen and oxygen atoms in total. The molecular weight excluding hydrogens is 373 g/mol. The zero-order valence-corrected chi connectivity index (χ0v) is 15.9. The quantitative estimate of drug-likeness (QED) is 0.579. The number of anilines is 1. The number of carbonyl (C=O) groups excluding carboxylic acids is 1. The molecule has 140 valence electrons. The summed E-state index contributed by atoms with van der Waals surface area (Å²) in [5.74, 6) is -0.869. The highest BCUT2D eigenvalue weighted by atomic mass is 32.1. The van der Waals surface area contributed by atoms with E-state index in [1.807, 2.05) is 42.5 Å². The first-order valence-corrected chi connectivity index (χ1v) is 9.27. The van der Waals surface area contributed by atoms with E-state index in [0.717, 1.165) is 16.3 Å². The lowest BCUT2D eigenvalue weighted by molar-refractivity contribution is -0.113. The van der Waals surface area contributed by atoms with Crippen LogP contribution in [0.5, 0.6) is 0 Å². The molecule has 28 heavy (non-hydrogen) atoms. The second-order valence-electron chi connectivity index (χ2n) is 6.57. The minimum atomic E-state index is -0.483. The van der Waals surface area contributed by atoms with Gasteiger partial charge in [-0.05, 0) is 47.6 Å². The Kier molecular flexibility index (Phi) is 4.79. The topological polar surface area (TPSA) is 53.2 Å². The van der Waals surface area contributed by atoms with Gasteiger partial charge in [0.25, 0.3) is 5.91 Å². The number of carbonyl (C=O) groups is 1. The van der Waals surface area contributed by atoms with Gasteiger partial charge in [-0.3, -0.25) is 4.79 Å². The largest absolute Gasteiger partial charge is 0.351 e. The van der Waals surface area contributed by atoms with E-state index in [0.29, 0.717) is 16.4 Å². The Morgan fingerprint density at radius 3 is 2.57 bits per heavy atom. The van der Waals surface area contributed by atoms with Crippen LogP contribution < -0.4 is 16.0 Å². The number of allylic oxidation sites excluding steroid dienone is 1. The maximum absolute atomic E-state index is 14.0. The maximum atomic E-state index is 14.0. The van der Waals surface area contributed by atoms with Crippen molar-refractivity contribution in [2.24, 2.45) is 0 Å². The van der Waals surface area contributed by atoms with Gasteiger partial charge < -0.3 is 16.0 Å². The van der Waals surface area contributed by atoms with Crippen molar-refractivity contribution in [1.29, 1.82) is 0 Å². The second-order valence-corrected chi connectivity index (χ2v) is 6.98. The summed E-state index contributed by atoms with van der Waals surface area (Å²) in [6.07, 6.45) is 0. The summed E-state index contributed by atoms with van der Waals surface area (Å²) in [5.41, 5.74) is 2.17. The molecule has 0 unspecified atom stereocenters. The molecule has 0 saturated heterocycles. The van der Waals surface area contributed by atoms with Gasteiger partial charge in [0.2, 0.25) is 0 Å². The third-order valence-electron chi connectivity index (χ3n) is 4.77. The van der Waals surface area contributed by atoms with E-state index in [2.05, 4.69) is 16.0 Å². The second kappa shape index (κ2) is 7.40. The van der Waals surface area contributed by atoms with E-state index in [4.69, 9.17) is 12.2 Å². The van der Waals surface area contributed by atoms with Crippen molar-refractivity contribution in [2.75, 3.05) is 5.32 Å². The lowest BCUT2D eigenvalue weighted by atomic mass is 9.91. The van der Waals surface area contributed by atoms with Gasteiger partial charge in [0.05, 0.1) is 17.3 Å². The number of amides is 1. The molecule has 0 radical (unpaired) electrons. The fourth-order valence-electron chi connectivity index (χ4n) is 3.48. The molecule has 1 heterocycles. The molecule has 1 amide bonds. The molecule has 0 fully saturated rings. The number of hydrogen-bond acceptors (Lipinski definition) is 2. The van der Waals surface area contributed by atoms with E-state index < -0.39 is 11.9 Å². The van der Waals surface area contributed by atoms with E-state index in [1.54, 1.807) is 19.1 Å². The minimum absolute atomic E-state index is 0.137. The summed E-state index contributed by atoms with van der Waals surface area (Å²) < 4.78 is 14.0. The molecule has 0 aromatic heterocycles. The van der Waals surface area contributed by atoms with Crippen LogP contribution >= 0.6 is 12.2 Å². The molecule has 0 aliphatic carbocycles. The predicted molar refractivity (Wildman–Crippen MR) is 113 cm³/mol. The fraction of sp³-hybridized carbons (Fsp3) is 0.0909. The first-order chi connectivity index (χ1) is 13.5. The zero-order valence-electron chi connectivity index (χ0n) is 15.1. The molecular formula is C22H18FN3OS. The van der Waals surface area contributed by atoms with Gasteiger partial charge in [0, 0.05) is 5.70 Å². The Morgan fingerprint density at radius 1 is 1.04 bits per heavy atom. The Bertz CT molecular complexity index is 1120. The first kappa shape index (κ1) is 18.1. The molecule has 1 aliphatic rings. The lowest BCUT2D eigenvalue weighted by Gasteiger charge is -2.31. The normalized spacial score (nSPS) is 16.5. The van der Waals surface area contributed by atoms with Crippen LogP contribution in [0.3, 0.4) is 0 Å². The number of rotatable bonds is 3. The monoisotopic (exact) mass is 391 g/mol. The summed E-state index contributed by atoms with van der Waals surface area (Å²) in [6, 6.07) is 19.6. The van der Waals surface area contributed by atoms with Gasteiger partial charge in [-0.15, -0.1) is 0 Å². The zero-order chi connectivity index (χ0) is 19.7. The number of fused-ring (bicyclic) bond motifs is 1. The van der Waals surface area contributed by atoms with Crippen LogP contribution in [-0.2, 0) is 4.79 Å². The van der Waals surface area contributed by atoms with Crippen LogP contribution in [0.15, 0.2) is 78.0 Å². The van der Waals surface area contributed by atoms with Crippen LogP contribution in [0.25, 0.3) is 10.8 Å². The van der Waals surface area contributed by atoms with E-state index >= 15 is 0 Å². The van der Waals surface area contributed by atoms with Gasteiger partial charge in [-0.25, -0.2) is 4.39 Å². The summed E-state index contributed by atoms with van der Waals surface area (Å²) >= 11 is 5.32. The summed E-state index contributed by atoms with van der Waals surface area (Å²) in [7, 11) is 0. The third-order valence-corrected chi connectivity index (χ3v) is 4.99. The summed E-state index contributed by atoms with van der Waals surface area (Å²) in [5, 5.41) is 11.4. The van der Waals surface area contributed by atoms with Crippen molar-refractivity contribution in [3.8, 4) is 0 Å². The Hall–Kier alpha value is -3.25. The van der Waals surface area contributed by atoms with Gasteiger partial charge in [-0.1, -0.05) is 54.6 Å². The molecule has 1 aliphatic heterocycles. The predicted octanol–water partition coefficient (Wildman–Crippen LogP) is 4.41. The molecule has 0 saturated carbocycles. The summed E-state index contributed by atoms with van der Waals surface area (Å²) in [4.78, 5) is 13.1. The molecule has 3 N–H and O–H groups in total. The Labute approximate surface area is 167 Å². The summed E-state index contributed by atoms with van der Waals surface area (Å²) in [6.45, 7) is 1.79. The number of para-hydroxylation sites is 1. The van der Waals surface area contributed by atoms with Crippen LogP contribution in [0.4, 0.5) is 10.1 Å². The molecule has 4 rings (SSSR count). The van der Waals surface area contributed by atoms with Crippen molar-refractivity contribution < 1.29 is 9.18 Å². The van der Waals surface area contributed by atoms with Crippen LogP contribution in [0.2, 0.25) is 0 Å². The molecule has 1 atom stereocenters. The van der Waals surface area contributed by atoms with Gasteiger partial charge >= 0.3 is 0 Å². The van der Waals surface area contributed by atoms with Crippen LogP contribution in [0.1, 0.15) is 18.5 Å². The maximum Gasteiger partial charge on any atom is 0.255 e.